The largest absolute Gasteiger partial charge is 0.416 e. The molecule has 1 N–H and O–H groups in total. The number of alkyl halides is 3. The van der Waals surface area contributed by atoms with Gasteiger partial charge in [0.25, 0.3) is 0 Å². The predicted molar refractivity (Wildman–Crippen MR) is 90.7 cm³/mol. The quantitative estimate of drug-likeness (QED) is 0.790. The zero-order chi connectivity index (χ0) is 18.7. The van der Waals surface area contributed by atoms with Crippen molar-refractivity contribution in [3.05, 3.63) is 29.8 Å². The van der Waals surface area contributed by atoms with E-state index in [9.17, 15) is 18.0 Å². The second kappa shape index (κ2) is 7.65. The van der Waals surface area contributed by atoms with Crippen LogP contribution in [0.25, 0.3) is 0 Å². The molecule has 0 spiro atoms. The van der Waals surface area contributed by atoms with Crippen molar-refractivity contribution in [2.24, 2.45) is 0 Å². The summed E-state index contributed by atoms with van der Waals surface area (Å²) in [6.45, 7) is 1.67. The highest BCUT2D eigenvalue weighted by molar-refractivity contribution is 8.00. The van der Waals surface area contributed by atoms with Gasteiger partial charge in [-0.15, -0.1) is 5.10 Å². The number of amides is 1. The molecule has 1 heterocycles. The third-order valence-electron chi connectivity index (χ3n) is 4.24. The zero-order valence-electron chi connectivity index (χ0n) is 14.0. The number of nitrogens with zero attached hydrogens (tertiary/aromatic N) is 4. The molecule has 26 heavy (non-hydrogen) atoms. The number of carbonyl (C=O) groups excluding carboxylic acids is 1. The molecule has 1 aromatic carbocycles. The van der Waals surface area contributed by atoms with Crippen molar-refractivity contribution < 1.29 is 18.0 Å². The standard InChI is InChI=1S/C16H18F3N5OS/c1-10(26-15-21-22-23-24(15)13-7-2-3-8-13)14(25)20-12-6-4-5-11(9-12)16(17,18)19/h4-6,9-10,13H,2-3,7-8H2,1H3,(H,20,25)/t10-/m1/s1. The van der Waals surface area contributed by atoms with E-state index in [1.807, 2.05) is 0 Å². The molecule has 0 aliphatic heterocycles. The average Bonchev–Trinajstić information content (AvgIpc) is 3.25. The molecule has 10 heteroatoms. The second-order valence-electron chi connectivity index (χ2n) is 6.17. The third kappa shape index (κ3) is 4.35. The second-order valence-corrected chi connectivity index (χ2v) is 7.48. The maximum atomic E-state index is 12.8. The number of halogens is 3. The molecule has 0 saturated heterocycles. The number of hydrogen-bond acceptors (Lipinski definition) is 5. The molecule has 3 rings (SSSR count). The molecule has 1 fully saturated rings. The van der Waals surface area contributed by atoms with E-state index in [1.165, 1.54) is 23.9 Å². The minimum absolute atomic E-state index is 0.104. The van der Waals surface area contributed by atoms with Crippen molar-refractivity contribution >= 4 is 23.4 Å². The van der Waals surface area contributed by atoms with Gasteiger partial charge >= 0.3 is 6.18 Å². The van der Waals surface area contributed by atoms with E-state index in [2.05, 4.69) is 20.8 Å². The molecule has 2 aromatic rings. The molecule has 1 aliphatic rings. The van der Waals surface area contributed by atoms with Gasteiger partial charge in [0.2, 0.25) is 11.1 Å². The van der Waals surface area contributed by atoms with Crippen LogP contribution in [0.5, 0.6) is 0 Å². The summed E-state index contributed by atoms with van der Waals surface area (Å²) in [5.74, 6) is -0.407. The van der Waals surface area contributed by atoms with Crippen LogP contribution < -0.4 is 5.32 Å². The number of aromatic nitrogens is 4. The molecule has 1 atom stereocenters. The Morgan fingerprint density at radius 1 is 1.35 bits per heavy atom. The summed E-state index contributed by atoms with van der Waals surface area (Å²) < 4.78 is 40.0. The van der Waals surface area contributed by atoms with Gasteiger partial charge in [-0.2, -0.15) is 13.2 Å². The predicted octanol–water partition coefficient (Wildman–Crippen LogP) is 3.93. The van der Waals surface area contributed by atoms with E-state index < -0.39 is 22.9 Å². The molecular weight excluding hydrogens is 367 g/mol. The fraction of sp³-hybridized carbons (Fsp3) is 0.500. The highest BCUT2D eigenvalue weighted by atomic mass is 32.2. The lowest BCUT2D eigenvalue weighted by Crippen LogP contribution is -2.23. The van der Waals surface area contributed by atoms with Crippen LogP contribution in [0.4, 0.5) is 18.9 Å². The first-order valence-electron chi connectivity index (χ1n) is 8.27. The summed E-state index contributed by atoms with van der Waals surface area (Å²) in [7, 11) is 0. The first-order chi connectivity index (χ1) is 12.3. The molecule has 6 nitrogen and oxygen atoms in total. The molecular formula is C16H18F3N5OS. The fourth-order valence-corrected chi connectivity index (χ4v) is 3.73. The molecule has 1 amide bonds. The van der Waals surface area contributed by atoms with Crippen LogP contribution in [-0.2, 0) is 11.0 Å². The number of rotatable bonds is 5. The maximum Gasteiger partial charge on any atom is 0.416 e. The van der Waals surface area contributed by atoms with Gasteiger partial charge in [0.1, 0.15) is 0 Å². The SMILES string of the molecule is C[C@@H](Sc1nnnn1C1CCCC1)C(=O)Nc1cccc(C(F)(F)F)c1. The number of nitrogens with one attached hydrogen (secondary N) is 1. The van der Waals surface area contributed by atoms with Crippen LogP contribution >= 0.6 is 11.8 Å². The van der Waals surface area contributed by atoms with Crippen molar-refractivity contribution in [1.29, 1.82) is 0 Å². The minimum atomic E-state index is -4.45. The minimum Gasteiger partial charge on any atom is -0.325 e. The van der Waals surface area contributed by atoms with Gasteiger partial charge in [0, 0.05) is 5.69 Å². The summed E-state index contributed by atoms with van der Waals surface area (Å²) in [5, 5.41) is 14.2. The number of benzene rings is 1. The van der Waals surface area contributed by atoms with Crippen LogP contribution in [0.2, 0.25) is 0 Å². The van der Waals surface area contributed by atoms with Crippen molar-refractivity contribution in [3.8, 4) is 0 Å². The Balaban J connectivity index is 1.65. The number of tetrazole rings is 1. The van der Waals surface area contributed by atoms with E-state index in [4.69, 9.17) is 0 Å². The van der Waals surface area contributed by atoms with Crippen LogP contribution in [0.1, 0.15) is 44.2 Å². The molecule has 140 valence electrons. The Hall–Kier alpha value is -2.10. The Morgan fingerprint density at radius 2 is 2.08 bits per heavy atom. The molecule has 0 bridgehead atoms. The van der Waals surface area contributed by atoms with Crippen LogP contribution in [0.3, 0.4) is 0 Å². The highest BCUT2D eigenvalue weighted by Gasteiger charge is 2.31. The van der Waals surface area contributed by atoms with Crippen molar-refractivity contribution in [2.45, 2.75) is 55.2 Å². The molecule has 1 aromatic heterocycles. The number of anilines is 1. The highest BCUT2D eigenvalue weighted by Crippen LogP contribution is 2.33. The van der Waals surface area contributed by atoms with Gasteiger partial charge in [-0.1, -0.05) is 30.7 Å². The molecule has 1 aliphatic carbocycles. The first-order valence-corrected chi connectivity index (χ1v) is 9.15. The average molecular weight is 385 g/mol. The number of carbonyl (C=O) groups is 1. The Labute approximate surface area is 152 Å². The lowest BCUT2D eigenvalue weighted by Gasteiger charge is -2.15. The molecule has 0 unspecified atom stereocenters. The van der Waals surface area contributed by atoms with E-state index in [-0.39, 0.29) is 11.7 Å². The van der Waals surface area contributed by atoms with Gasteiger partial charge in [-0.3, -0.25) is 4.79 Å². The Kier molecular flexibility index (Phi) is 5.49. The summed E-state index contributed by atoms with van der Waals surface area (Å²) in [6, 6.07) is 4.80. The Bertz CT molecular complexity index is 773. The van der Waals surface area contributed by atoms with Gasteiger partial charge < -0.3 is 5.32 Å². The smallest absolute Gasteiger partial charge is 0.325 e. The number of thioether (sulfide) groups is 1. The Morgan fingerprint density at radius 3 is 2.77 bits per heavy atom. The summed E-state index contributed by atoms with van der Waals surface area (Å²) in [6.07, 6.45) is -0.197. The van der Waals surface area contributed by atoms with Gasteiger partial charge in [0.05, 0.1) is 16.9 Å². The van der Waals surface area contributed by atoms with Crippen molar-refractivity contribution in [2.75, 3.05) is 5.32 Å². The summed E-state index contributed by atoms with van der Waals surface area (Å²) in [4.78, 5) is 12.3. The molecule has 1 saturated carbocycles. The van der Waals surface area contributed by atoms with E-state index in [1.54, 1.807) is 11.6 Å². The maximum absolute atomic E-state index is 12.8. The third-order valence-corrected chi connectivity index (χ3v) is 5.29. The zero-order valence-corrected chi connectivity index (χ0v) is 14.8. The normalized spacial score (nSPS) is 16.6. The van der Waals surface area contributed by atoms with Crippen LogP contribution in [-0.4, -0.2) is 31.4 Å². The van der Waals surface area contributed by atoms with Gasteiger partial charge in [0.15, 0.2) is 0 Å². The lowest BCUT2D eigenvalue weighted by molar-refractivity contribution is -0.137. The van der Waals surface area contributed by atoms with Crippen molar-refractivity contribution in [3.63, 3.8) is 0 Å². The topological polar surface area (TPSA) is 72.7 Å². The molecule has 0 radical (unpaired) electrons. The van der Waals surface area contributed by atoms with Gasteiger partial charge in [-0.25, -0.2) is 4.68 Å². The van der Waals surface area contributed by atoms with Crippen molar-refractivity contribution in [1.82, 2.24) is 20.2 Å². The van der Waals surface area contributed by atoms with E-state index in [0.717, 1.165) is 37.8 Å². The monoisotopic (exact) mass is 385 g/mol. The lowest BCUT2D eigenvalue weighted by atomic mass is 10.2. The van der Waals surface area contributed by atoms with Crippen LogP contribution in [0, 0.1) is 0 Å². The van der Waals surface area contributed by atoms with Gasteiger partial charge in [-0.05, 0) is 48.4 Å². The van der Waals surface area contributed by atoms with Crippen LogP contribution in [0.15, 0.2) is 29.4 Å². The number of hydrogen-bond donors (Lipinski definition) is 1. The summed E-state index contributed by atoms with van der Waals surface area (Å²) in [5.41, 5.74) is -0.701. The van der Waals surface area contributed by atoms with E-state index in [0.29, 0.717) is 5.16 Å². The fourth-order valence-electron chi connectivity index (χ4n) is 2.87. The summed E-state index contributed by atoms with van der Waals surface area (Å²) >= 11 is 1.19. The van der Waals surface area contributed by atoms with E-state index >= 15 is 0 Å². The first kappa shape index (κ1) is 18.7.